The summed E-state index contributed by atoms with van der Waals surface area (Å²) in [6, 6.07) is 5.35. The van der Waals surface area contributed by atoms with Crippen LogP contribution in [0.2, 0.25) is 0 Å². The summed E-state index contributed by atoms with van der Waals surface area (Å²) in [6.07, 6.45) is 0.391. The first-order valence-corrected chi connectivity index (χ1v) is 8.59. The fraction of sp³-hybridized carbons (Fsp3) is 0.611. The molecule has 1 amide bonds. The maximum atomic E-state index is 12.5. The molecule has 0 aromatic heterocycles. The lowest BCUT2D eigenvalue weighted by atomic mass is 10.0. The van der Waals surface area contributed by atoms with Crippen LogP contribution in [0.4, 0.5) is 13.2 Å². The normalized spacial score (nSPS) is 18.8. The summed E-state index contributed by atoms with van der Waals surface area (Å²) in [7, 11) is 0. The molecule has 1 aliphatic heterocycles. The molecule has 0 spiro atoms. The molecule has 1 aromatic rings. The van der Waals surface area contributed by atoms with Crippen molar-refractivity contribution in [3.8, 4) is 0 Å². The molecule has 0 unspecified atom stereocenters. The van der Waals surface area contributed by atoms with Gasteiger partial charge in [0.25, 0.3) is 0 Å². The molecule has 0 atom stereocenters. The summed E-state index contributed by atoms with van der Waals surface area (Å²) in [5.41, 5.74) is -0.0526. The molecule has 0 bridgehead atoms. The number of nitrogens with one attached hydrogen (secondary N) is 1. The van der Waals surface area contributed by atoms with Gasteiger partial charge >= 0.3 is 6.18 Å². The van der Waals surface area contributed by atoms with Gasteiger partial charge in [0.1, 0.15) is 0 Å². The second kappa shape index (κ2) is 8.41. The van der Waals surface area contributed by atoms with E-state index in [9.17, 15) is 18.0 Å². The molecule has 2 aliphatic rings. The fourth-order valence-electron chi connectivity index (χ4n) is 3.09. The van der Waals surface area contributed by atoms with Crippen molar-refractivity contribution in [1.29, 1.82) is 0 Å². The van der Waals surface area contributed by atoms with Crippen LogP contribution in [0.3, 0.4) is 0 Å². The van der Waals surface area contributed by atoms with Crippen molar-refractivity contribution >= 4 is 18.3 Å². The van der Waals surface area contributed by atoms with Crippen molar-refractivity contribution in [3.05, 3.63) is 35.4 Å². The third-order valence-electron chi connectivity index (χ3n) is 4.88. The Labute approximate surface area is 152 Å². The van der Waals surface area contributed by atoms with E-state index in [0.29, 0.717) is 11.6 Å². The highest BCUT2D eigenvalue weighted by molar-refractivity contribution is 5.85. The number of carbonyl (C=O) groups excluding carboxylic acids is 1. The quantitative estimate of drug-likeness (QED) is 0.850. The summed E-state index contributed by atoms with van der Waals surface area (Å²) in [5.74, 6) is 0.847. The minimum atomic E-state index is -4.34. The van der Waals surface area contributed by atoms with Gasteiger partial charge in [0.15, 0.2) is 0 Å². The molecule has 1 saturated carbocycles. The number of rotatable bonds is 5. The number of hydrogen-bond donors (Lipinski definition) is 1. The van der Waals surface area contributed by atoms with Crippen LogP contribution < -0.4 is 5.32 Å². The van der Waals surface area contributed by atoms with E-state index in [4.69, 9.17) is 0 Å². The van der Waals surface area contributed by atoms with Crippen molar-refractivity contribution in [2.24, 2.45) is 5.92 Å². The number of nitrogens with zero attached hydrogens (tertiary/aromatic N) is 1. The highest BCUT2D eigenvalue weighted by Crippen LogP contribution is 2.29. The van der Waals surface area contributed by atoms with Crippen molar-refractivity contribution in [1.82, 2.24) is 10.2 Å². The van der Waals surface area contributed by atoms with E-state index in [1.807, 2.05) is 4.90 Å². The summed E-state index contributed by atoms with van der Waals surface area (Å²) in [6.45, 7) is 2.54. The SMILES string of the molecule is Cl.O=C(Cc1ccc(C(F)(F)F)cc1)N1CCC(NCC2CC2)CC1. The monoisotopic (exact) mass is 376 g/mol. The van der Waals surface area contributed by atoms with E-state index >= 15 is 0 Å². The predicted molar refractivity (Wildman–Crippen MR) is 92.7 cm³/mol. The number of benzene rings is 1. The van der Waals surface area contributed by atoms with Crippen molar-refractivity contribution in [2.45, 2.75) is 44.3 Å². The molecule has 7 heteroatoms. The summed E-state index contributed by atoms with van der Waals surface area (Å²) < 4.78 is 37.6. The van der Waals surface area contributed by atoms with Crippen LogP contribution in [0.1, 0.15) is 36.8 Å². The van der Waals surface area contributed by atoms with Gasteiger partial charge in [-0.2, -0.15) is 13.2 Å². The van der Waals surface area contributed by atoms with Crippen LogP contribution in [0.15, 0.2) is 24.3 Å². The third kappa shape index (κ3) is 5.89. The minimum absolute atomic E-state index is 0. The molecule has 0 radical (unpaired) electrons. The van der Waals surface area contributed by atoms with Crippen LogP contribution in [0.25, 0.3) is 0 Å². The molecule has 25 heavy (non-hydrogen) atoms. The summed E-state index contributed by atoms with van der Waals surface area (Å²) in [4.78, 5) is 14.1. The van der Waals surface area contributed by atoms with Crippen LogP contribution in [-0.4, -0.2) is 36.5 Å². The van der Waals surface area contributed by atoms with Crippen molar-refractivity contribution in [3.63, 3.8) is 0 Å². The topological polar surface area (TPSA) is 32.3 Å². The standard InChI is InChI=1S/C18H23F3N2O.ClH/c19-18(20,21)15-5-3-13(4-6-15)11-17(24)23-9-7-16(8-10-23)22-12-14-1-2-14;/h3-6,14,16,22H,1-2,7-12H2;1H. The Morgan fingerprint density at radius 3 is 2.20 bits per heavy atom. The van der Waals surface area contributed by atoms with Gasteiger partial charge in [-0.05, 0) is 55.8 Å². The van der Waals surface area contributed by atoms with Gasteiger partial charge in [-0.3, -0.25) is 4.79 Å². The Morgan fingerprint density at radius 1 is 1.08 bits per heavy atom. The number of piperidine rings is 1. The molecule has 1 aromatic carbocycles. The van der Waals surface area contributed by atoms with Crippen LogP contribution in [-0.2, 0) is 17.4 Å². The van der Waals surface area contributed by atoms with Crippen molar-refractivity contribution < 1.29 is 18.0 Å². The first kappa shape index (κ1) is 20.0. The van der Waals surface area contributed by atoms with E-state index < -0.39 is 11.7 Å². The van der Waals surface area contributed by atoms with E-state index in [1.165, 1.54) is 25.0 Å². The Hall–Kier alpha value is -1.27. The number of likely N-dealkylation sites (tertiary alicyclic amines) is 1. The number of carbonyl (C=O) groups is 1. The van der Waals surface area contributed by atoms with Gasteiger partial charge in [0.05, 0.1) is 12.0 Å². The molecule has 140 valence electrons. The summed E-state index contributed by atoms with van der Waals surface area (Å²) >= 11 is 0. The van der Waals surface area contributed by atoms with Crippen molar-refractivity contribution in [2.75, 3.05) is 19.6 Å². The Balaban J connectivity index is 0.00000225. The van der Waals surface area contributed by atoms with Gasteiger partial charge < -0.3 is 10.2 Å². The second-order valence-corrected chi connectivity index (χ2v) is 6.88. The zero-order chi connectivity index (χ0) is 17.2. The molecule has 1 heterocycles. The third-order valence-corrected chi connectivity index (χ3v) is 4.88. The molecule has 1 N–H and O–H groups in total. The van der Waals surface area contributed by atoms with Crippen LogP contribution in [0.5, 0.6) is 0 Å². The second-order valence-electron chi connectivity index (χ2n) is 6.88. The minimum Gasteiger partial charge on any atom is -0.342 e. The number of halogens is 4. The predicted octanol–water partition coefficient (Wildman–Crippen LogP) is 3.66. The molecule has 3 nitrogen and oxygen atoms in total. The lowest BCUT2D eigenvalue weighted by Crippen LogP contribution is -2.45. The molecular formula is C18H24ClF3N2O. The summed E-state index contributed by atoms with van der Waals surface area (Å²) in [5, 5.41) is 3.57. The number of alkyl halides is 3. The lowest BCUT2D eigenvalue weighted by molar-refractivity contribution is -0.137. The molecule has 3 rings (SSSR count). The van der Waals surface area contributed by atoms with Crippen LogP contribution in [0, 0.1) is 5.92 Å². The average molecular weight is 377 g/mol. The van der Waals surface area contributed by atoms with E-state index in [2.05, 4.69) is 5.32 Å². The van der Waals surface area contributed by atoms with E-state index in [-0.39, 0.29) is 24.7 Å². The number of hydrogen-bond acceptors (Lipinski definition) is 2. The van der Waals surface area contributed by atoms with E-state index in [1.54, 1.807) is 0 Å². The highest BCUT2D eigenvalue weighted by Gasteiger charge is 2.30. The first-order chi connectivity index (χ1) is 11.4. The fourth-order valence-corrected chi connectivity index (χ4v) is 3.09. The lowest BCUT2D eigenvalue weighted by Gasteiger charge is -2.32. The maximum absolute atomic E-state index is 12.5. The average Bonchev–Trinajstić information content (AvgIpc) is 3.37. The highest BCUT2D eigenvalue weighted by atomic mass is 35.5. The zero-order valence-electron chi connectivity index (χ0n) is 14.0. The maximum Gasteiger partial charge on any atom is 0.416 e. The molecule has 1 aliphatic carbocycles. The smallest absolute Gasteiger partial charge is 0.342 e. The van der Waals surface area contributed by atoms with Gasteiger partial charge in [0, 0.05) is 19.1 Å². The van der Waals surface area contributed by atoms with Gasteiger partial charge in [-0.1, -0.05) is 12.1 Å². The van der Waals surface area contributed by atoms with Gasteiger partial charge in [0.2, 0.25) is 5.91 Å². The molecule has 2 fully saturated rings. The molecular weight excluding hydrogens is 353 g/mol. The van der Waals surface area contributed by atoms with E-state index in [0.717, 1.165) is 50.5 Å². The number of amides is 1. The Bertz CT molecular complexity index is 565. The zero-order valence-corrected chi connectivity index (χ0v) is 14.8. The largest absolute Gasteiger partial charge is 0.416 e. The molecule has 1 saturated heterocycles. The Kier molecular flexibility index (Phi) is 6.74. The first-order valence-electron chi connectivity index (χ1n) is 8.59. The van der Waals surface area contributed by atoms with Gasteiger partial charge in [-0.15, -0.1) is 12.4 Å². The Morgan fingerprint density at radius 2 is 1.68 bits per heavy atom. The van der Waals surface area contributed by atoms with Gasteiger partial charge in [-0.25, -0.2) is 0 Å². The van der Waals surface area contributed by atoms with Crippen LogP contribution >= 0.6 is 12.4 Å².